The Kier molecular flexibility index (Phi) is 2.53. The monoisotopic (exact) mass is 188 g/mol. The summed E-state index contributed by atoms with van der Waals surface area (Å²) < 4.78 is 10.6. The van der Waals surface area contributed by atoms with Gasteiger partial charge in [-0.3, -0.25) is 0 Å². The highest BCUT2D eigenvalue weighted by Crippen LogP contribution is 2.26. The van der Waals surface area contributed by atoms with Crippen LogP contribution >= 0.6 is 0 Å². The Morgan fingerprint density at radius 3 is 2.71 bits per heavy atom. The Hall–Kier alpha value is -1.30. The molecule has 14 heavy (non-hydrogen) atoms. The first kappa shape index (κ1) is 9.26. The summed E-state index contributed by atoms with van der Waals surface area (Å²) in [6.07, 6.45) is 5.29. The van der Waals surface area contributed by atoms with Crippen LogP contribution in [0, 0.1) is 12.3 Å². The molecule has 1 aliphatic rings. The minimum atomic E-state index is -0.422. The van der Waals surface area contributed by atoms with Gasteiger partial charge in [-0.2, -0.15) is 0 Å². The Morgan fingerprint density at radius 1 is 1.43 bits per heavy atom. The number of benzene rings is 1. The first-order chi connectivity index (χ1) is 6.85. The minimum Gasteiger partial charge on any atom is -0.373 e. The molecular weight excluding hydrogens is 176 g/mol. The van der Waals surface area contributed by atoms with Gasteiger partial charge in [0.2, 0.25) is 0 Å². The third kappa shape index (κ3) is 2.14. The highest BCUT2D eigenvalue weighted by atomic mass is 16.6. The van der Waals surface area contributed by atoms with Gasteiger partial charge in [-0.15, -0.1) is 6.42 Å². The molecule has 1 fully saturated rings. The summed E-state index contributed by atoms with van der Waals surface area (Å²) in [5.41, 5.74) is 0.731. The fourth-order valence-electron chi connectivity index (χ4n) is 1.20. The maximum Gasteiger partial charge on any atom is 0.174 e. The molecule has 0 unspecified atom stereocenters. The molecule has 1 aliphatic heterocycles. The lowest BCUT2D eigenvalue weighted by Crippen LogP contribution is -2.16. The van der Waals surface area contributed by atoms with Gasteiger partial charge >= 0.3 is 0 Å². The smallest absolute Gasteiger partial charge is 0.174 e. The molecular formula is C12H12O2. The molecule has 1 aromatic carbocycles. The van der Waals surface area contributed by atoms with E-state index in [1.807, 2.05) is 30.3 Å². The van der Waals surface area contributed by atoms with E-state index in [9.17, 15) is 0 Å². The first-order valence-electron chi connectivity index (χ1n) is 4.58. The van der Waals surface area contributed by atoms with E-state index in [1.54, 1.807) is 0 Å². The lowest BCUT2D eigenvalue weighted by Gasteiger charge is -2.05. The lowest BCUT2D eigenvalue weighted by molar-refractivity contribution is 0.0864. The van der Waals surface area contributed by atoms with E-state index >= 15 is 0 Å². The topological polar surface area (TPSA) is 21.8 Å². The molecule has 0 radical (unpaired) electrons. The van der Waals surface area contributed by atoms with Crippen molar-refractivity contribution in [3.05, 3.63) is 35.9 Å². The van der Waals surface area contributed by atoms with E-state index in [-0.39, 0.29) is 0 Å². The van der Waals surface area contributed by atoms with Crippen LogP contribution in [0.3, 0.4) is 0 Å². The van der Waals surface area contributed by atoms with Gasteiger partial charge in [0.05, 0.1) is 19.8 Å². The van der Waals surface area contributed by atoms with Crippen molar-refractivity contribution in [2.24, 2.45) is 0 Å². The Balaban J connectivity index is 1.77. The van der Waals surface area contributed by atoms with E-state index in [1.165, 1.54) is 0 Å². The van der Waals surface area contributed by atoms with Crippen molar-refractivity contribution in [2.45, 2.75) is 12.2 Å². The van der Waals surface area contributed by atoms with Crippen molar-refractivity contribution < 1.29 is 9.47 Å². The van der Waals surface area contributed by atoms with Crippen LogP contribution in [-0.4, -0.2) is 18.8 Å². The molecule has 2 rings (SSSR count). The van der Waals surface area contributed by atoms with Crippen molar-refractivity contribution in [1.29, 1.82) is 0 Å². The third-order valence-electron chi connectivity index (χ3n) is 2.20. The molecule has 0 aliphatic carbocycles. The standard InChI is InChI=1S/C12H12O2/c1-2-12(10-14-12)9-13-8-11-6-4-3-5-7-11/h1,3-7H,8-10H2/t12-/m1/s1. The van der Waals surface area contributed by atoms with Gasteiger partial charge in [0.1, 0.15) is 0 Å². The molecule has 0 aromatic heterocycles. The summed E-state index contributed by atoms with van der Waals surface area (Å²) in [5.74, 6) is 2.59. The zero-order valence-corrected chi connectivity index (χ0v) is 7.90. The molecule has 2 nitrogen and oxygen atoms in total. The minimum absolute atomic E-state index is 0.422. The second-order valence-corrected chi connectivity index (χ2v) is 3.41. The Morgan fingerprint density at radius 2 is 2.14 bits per heavy atom. The number of epoxide rings is 1. The van der Waals surface area contributed by atoms with Gasteiger partial charge in [0.15, 0.2) is 5.60 Å². The molecule has 0 N–H and O–H groups in total. The van der Waals surface area contributed by atoms with Crippen LogP contribution in [0.2, 0.25) is 0 Å². The van der Waals surface area contributed by atoms with Crippen LogP contribution in [0.4, 0.5) is 0 Å². The summed E-state index contributed by atoms with van der Waals surface area (Å²) >= 11 is 0. The molecule has 1 atom stereocenters. The highest BCUT2D eigenvalue weighted by Gasteiger charge is 2.43. The summed E-state index contributed by atoms with van der Waals surface area (Å²) in [7, 11) is 0. The predicted molar refractivity (Wildman–Crippen MR) is 53.6 cm³/mol. The van der Waals surface area contributed by atoms with Crippen molar-refractivity contribution in [3.8, 4) is 12.3 Å². The van der Waals surface area contributed by atoms with Gasteiger partial charge < -0.3 is 9.47 Å². The van der Waals surface area contributed by atoms with Crippen LogP contribution in [0.5, 0.6) is 0 Å². The SMILES string of the molecule is C#C[C@@]1(COCc2ccccc2)CO1. The van der Waals surface area contributed by atoms with Crippen molar-refractivity contribution >= 4 is 0 Å². The lowest BCUT2D eigenvalue weighted by atomic mass is 10.2. The number of rotatable bonds is 4. The van der Waals surface area contributed by atoms with Crippen molar-refractivity contribution in [1.82, 2.24) is 0 Å². The fourth-order valence-corrected chi connectivity index (χ4v) is 1.20. The van der Waals surface area contributed by atoms with Gasteiger partial charge in [-0.25, -0.2) is 0 Å². The summed E-state index contributed by atoms with van der Waals surface area (Å²) in [6, 6.07) is 10.0. The zero-order chi connectivity index (χ0) is 9.86. The van der Waals surface area contributed by atoms with Crippen molar-refractivity contribution in [3.63, 3.8) is 0 Å². The van der Waals surface area contributed by atoms with E-state index in [4.69, 9.17) is 15.9 Å². The summed E-state index contributed by atoms with van der Waals surface area (Å²) in [6.45, 7) is 1.70. The number of ether oxygens (including phenoxy) is 2. The number of hydrogen-bond acceptors (Lipinski definition) is 2. The summed E-state index contributed by atoms with van der Waals surface area (Å²) in [5, 5.41) is 0. The van der Waals surface area contributed by atoms with E-state index in [0.717, 1.165) is 5.56 Å². The molecule has 0 spiro atoms. The van der Waals surface area contributed by atoms with E-state index < -0.39 is 5.60 Å². The fraction of sp³-hybridized carbons (Fsp3) is 0.333. The van der Waals surface area contributed by atoms with E-state index in [0.29, 0.717) is 19.8 Å². The van der Waals surface area contributed by atoms with Crippen LogP contribution < -0.4 is 0 Å². The third-order valence-corrected chi connectivity index (χ3v) is 2.20. The number of terminal acetylenes is 1. The van der Waals surface area contributed by atoms with Gasteiger partial charge in [-0.1, -0.05) is 36.3 Å². The van der Waals surface area contributed by atoms with Gasteiger partial charge in [0.25, 0.3) is 0 Å². The Labute approximate surface area is 83.8 Å². The van der Waals surface area contributed by atoms with Crippen LogP contribution in [-0.2, 0) is 16.1 Å². The van der Waals surface area contributed by atoms with Gasteiger partial charge in [-0.05, 0) is 5.56 Å². The molecule has 1 saturated heterocycles. The summed E-state index contributed by atoms with van der Waals surface area (Å²) in [4.78, 5) is 0. The molecule has 72 valence electrons. The maximum absolute atomic E-state index is 5.47. The second kappa shape index (κ2) is 3.83. The molecule has 0 saturated carbocycles. The van der Waals surface area contributed by atoms with Crippen LogP contribution in [0.25, 0.3) is 0 Å². The van der Waals surface area contributed by atoms with E-state index in [2.05, 4.69) is 5.92 Å². The molecule has 0 bridgehead atoms. The molecule has 1 heterocycles. The number of hydrogen-bond donors (Lipinski definition) is 0. The normalized spacial score (nSPS) is 24.2. The van der Waals surface area contributed by atoms with Gasteiger partial charge in [0, 0.05) is 0 Å². The molecule has 1 aromatic rings. The zero-order valence-electron chi connectivity index (χ0n) is 7.90. The molecule has 0 amide bonds. The average molecular weight is 188 g/mol. The Bertz CT molecular complexity index is 333. The van der Waals surface area contributed by atoms with Crippen LogP contribution in [0.1, 0.15) is 5.56 Å². The maximum atomic E-state index is 5.47. The van der Waals surface area contributed by atoms with Crippen molar-refractivity contribution in [2.75, 3.05) is 13.2 Å². The first-order valence-corrected chi connectivity index (χ1v) is 4.58. The predicted octanol–water partition coefficient (Wildman–Crippen LogP) is 1.61. The highest BCUT2D eigenvalue weighted by molar-refractivity contribution is 5.17. The largest absolute Gasteiger partial charge is 0.373 e. The second-order valence-electron chi connectivity index (χ2n) is 3.41. The quantitative estimate of drug-likeness (QED) is 0.529. The van der Waals surface area contributed by atoms with Crippen LogP contribution in [0.15, 0.2) is 30.3 Å². The average Bonchev–Trinajstić information content (AvgIpc) is 3.00. The molecule has 2 heteroatoms.